The van der Waals surface area contributed by atoms with E-state index in [-0.39, 0.29) is 17.9 Å². The summed E-state index contributed by atoms with van der Waals surface area (Å²) in [5.41, 5.74) is 7.99. The second-order valence-corrected chi connectivity index (χ2v) is 6.75. The van der Waals surface area contributed by atoms with Gasteiger partial charge in [-0.3, -0.25) is 4.79 Å². The number of methoxy groups -OCH3 is 2. The number of nitrogens with two attached hydrogens (primary N) is 1. The second-order valence-electron chi connectivity index (χ2n) is 6.75. The van der Waals surface area contributed by atoms with Crippen molar-refractivity contribution in [3.05, 3.63) is 23.9 Å². The molecular formula is C19H27N3O3. The first-order chi connectivity index (χ1) is 12.1. The smallest absolute Gasteiger partial charge is 0.223 e. The van der Waals surface area contributed by atoms with Crippen LogP contribution in [0.4, 0.5) is 0 Å². The maximum Gasteiger partial charge on any atom is 0.223 e. The Morgan fingerprint density at radius 2 is 2.12 bits per heavy atom. The highest BCUT2D eigenvalue weighted by Crippen LogP contribution is 2.31. The lowest BCUT2D eigenvalue weighted by Gasteiger charge is -2.10. The van der Waals surface area contributed by atoms with E-state index in [1.165, 1.54) is 0 Å². The SMILES string of the molecule is COc1cc(OC)c2cc(CCCNC(=O)C3CCC(N)C3)[nH]c2c1. The van der Waals surface area contributed by atoms with Gasteiger partial charge in [-0.2, -0.15) is 0 Å². The van der Waals surface area contributed by atoms with Gasteiger partial charge in [0.1, 0.15) is 11.5 Å². The molecule has 4 N–H and O–H groups in total. The summed E-state index contributed by atoms with van der Waals surface area (Å²) in [7, 11) is 3.30. The fourth-order valence-electron chi connectivity index (χ4n) is 3.55. The molecule has 0 spiro atoms. The number of nitrogens with one attached hydrogen (secondary N) is 2. The third kappa shape index (κ3) is 4.07. The molecule has 1 aromatic heterocycles. The number of benzene rings is 1. The van der Waals surface area contributed by atoms with Gasteiger partial charge in [-0.05, 0) is 38.2 Å². The molecule has 1 amide bonds. The number of rotatable bonds is 7. The fraction of sp³-hybridized carbons (Fsp3) is 0.526. The van der Waals surface area contributed by atoms with Crippen LogP contribution in [-0.4, -0.2) is 37.7 Å². The Balaban J connectivity index is 1.54. The Morgan fingerprint density at radius 1 is 1.28 bits per heavy atom. The van der Waals surface area contributed by atoms with Crippen molar-refractivity contribution in [2.75, 3.05) is 20.8 Å². The number of aromatic nitrogens is 1. The first kappa shape index (κ1) is 17.6. The van der Waals surface area contributed by atoms with Crippen LogP contribution in [-0.2, 0) is 11.2 Å². The molecule has 2 unspecified atom stereocenters. The molecule has 6 nitrogen and oxygen atoms in total. The van der Waals surface area contributed by atoms with Crippen molar-refractivity contribution in [1.82, 2.24) is 10.3 Å². The average Bonchev–Trinajstić information content (AvgIpc) is 3.23. The van der Waals surface area contributed by atoms with Crippen LogP contribution in [0, 0.1) is 5.92 Å². The topological polar surface area (TPSA) is 89.4 Å². The Hall–Kier alpha value is -2.21. The van der Waals surface area contributed by atoms with Gasteiger partial charge in [0.05, 0.1) is 19.7 Å². The first-order valence-electron chi connectivity index (χ1n) is 8.87. The van der Waals surface area contributed by atoms with Gasteiger partial charge < -0.3 is 25.5 Å². The van der Waals surface area contributed by atoms with Crippen LogP contribution in [0.2, 0.25) is 0 Å². The molecule has 1 heterocycles. The molecule has 1 aliphatic carbocycles. The average molecular weight is 345 g/mol. The minimum atomic E-state index is 0.0970. The summed E-state index contributed by atoms with van der Waals surface area (Å²) < 4.78 is 10.7. The van der Waals surface area contributed by atoms with Gasteiger partial charge in [0.25, 0.3) is 0 Å². The van der Waals surface area contributed by atoms with Crippen LogP contribution < -0.4 is 20.5 Å². The normalized spacial score (nSPS) is 20.0. The lowest BCUT2D eigenvalue weighted by atomic mass is 10.1. The molecule has 1 aliphatic rings. The number of carbonyl (C=O) groups excluding carboxylic acids is 1. The standard InChI is InChI=1S/C19H27N3O3/c1-24-15-10-17-16(18(11-15)25-2)9-14(22-17)4-3-7-21-19(23)12-5-6-13(20)8-12/h9-13,22H,3-8,20H2,1-2H3,(H,21,23). The molecule has 6 heteroatoms. The van der Waals surface area contributed by atoms with Gasteiger partial charge in [-0.15, -0.1) is 0 Å². The molecule has 136 valence electrons. The highest BCUT2D eigenvalue weighted by Gasteiger charge is 2.27. The molecule has 0 bridgehead atoms. The van der Waals surface area contributed by atoms with E-state index in [9.17, 15) is 4.79 Å². The lowest BCUT2D eigenvalue weighted by molar-refractivity contribution is -0.124. The number of carbonyl (C=O) groups is 1. The molecule has 2 aromatic rings. The molecule has 0 radical (unpaired) electrons. The van der Waals surface area contributed by atoms with Crippen molar-refractivity contribution >= 4 is 16.8 Å². The van der Waals surface area contributed by atoms with E-state index >= 15 is 0 Å². The van der Waals surface area contributed by atoms with Gasteiger partial charge in [-0.1, -0.05) is 0 Å². The number of aromatic amines is 1. The maximum absolute atomic E-state index is 12.1. The van der Waals surface area contributed by atoms with E-state index in [1.807, 2.05) is 12.1 Å². The highest BCUT2D eigenvalue weighted by molar-refractivity contribution is 5.88. The number of ether oxygens (including phenoxy) is 2. The Kier molecular flexibility index (Phi) is 5.48. The number of aryl methyl sites for hydroxylation is 1. The van der Waals surface area contributed by atoms with E-state index in [1.54, 1.807) is 14.2 Å². The van der Waals surface area contributed by atoms with E-state index in [0.29, 0.717) is 6.54 Å². The van der Waals surface area contributed by atoms with Crippen LogP contribution in [0.5, 0.6) is 11.5 Å². The first-order valence-corrected chi connectivity index (χ1v) is 8.87. The summed E-state index contributed by atoms with van der Waals surface area (Å²) >= 11 is 0. The monoisotopic (exact) mass is 345 g/mol. The quantitative estimate of drug-likeness (QED) is 0.672. The van der Waals surface area contributed by atoms with Gasteiger partial charge >= 0.3 is 0 Å². The van der Waals surface area contributed by atoms with E-state index < -0.39 is 0 Å². The van der Waals surface area contributed by atoms with E-state index in [0.717, 1.165) is 60.2 Å². The number of amides is 1. The van der Waals surface area contributed by atoms with Crippen LogP contribution in [0.25, 0.3) is 10.9 Å². The summed E-state index contributed by atoms with van der Waals surface area (Å²) in [6, 6.07) is 6.14. The predicted molar refractivity (Wildman–Crippen MR) is 98.0 cm³/mol. The van der Waals surface area contributed by atoms with Gasteiger partial charge in [-0.25, -0.2) is 0 Å². The summed E-state index contributed by atoms with van der Waals surface area (Å²) in [6.45, 7) is 0.681. The van der Waals surface area contributed by atoms with Crippen LogP contribution in [0.15, 0.2) is 18.2 Å². The van der Waals surface area contributed by atoms with Crippen molar-refractivity contribution < 1.29 is 14.3 Å². The molecule has 2 atom stereocenters. The van der Waals surface area contributed by atoms with Crippen molar-refractivity contribution in [3.8, 4) is 11.5 Å². The van der Waals surface area contributed by atoms with Gasteiger partial charge in [0.15, 0.2) is 0 Å². The summed E-state index contributed by atoms with van der Waals surface area (Å²) in [4.78, 5) is 15.5. The van der Waals surface area contributed by atoms with E-state index in [4.69, 9.17) is 15.2 Å². The summed E-state index contributed by atoms with van der Waals surface area (Å²) in [6.07, 6.45) is 4.44. The second kappa shape index (κ2) is 7.78. The van der Waals surface area contributed by atoms with Crippen molar-refractivity contribution in [1.29, 1.82) is 0 Å². The van der Waals surface area contributed by atoms with Crippen molar-refractivity contribution in [2.45, 2.75) is 38.1 Å². The Labute approximate surface area is 148 Å². The minimum absolute atomic E-state index is 0.0970. The van der Waals surface area contributed by atoms with Gasteiger partial charge in [0.2, 0.25) is 5.91 Å². The van der Waals surface area contributed by atoms with Crippen molar-refractivity contribution in [3.63, 3.8) is 0 Å². The van der Waals surface area contributed by atoms with Crippen LogP contribution in [0.3, 0.4) is 0 Å². The Morgan fingerprint density at radius 3 is 2.80 bits per heavy atom. The number of hydrogen-bond acceptors (Lipinski definition) is 4. The van der Waals surface area contributed by atoms with Crippen molar-refractivity contribution in [2.24, 2.45) is 11.7 Å². The fourth-order valence-corrected chi connectivity index (χ4v) is 3.55. The van der Waals surface area contributed by atoms with Crippen LogP contribution >= 0.6 is 0 Å². The minimum Gasteiger partial charge on any atom is -0.497 e. The molecular weight excluding hydrogens is 318 g/mol. The number of hydrogen-bond donors (Lipinski definition) is 3. The molecule has 0 aliphatic heterocycles. The molecule has 1 fully saturated rings. The zero-order valence-corrected chi connectivity index (χ0v) is 14.9. The molecule has 1 aromatic carbocycles. The molecule has 25 heavy (non-hydrogen) atoms. The van der Waals surface area contributed by atoms with Crippen LogP contribution in [0.1, 0.15) is 31.4 Å². The zero-order chi connectivity index (χ0) is 17.8. The lowest BCUT2D eigenvalue weighted by Crippen LogP contribution is -2.31. The third-order valence-electron chi connectivity index (χ3n) is 4.95. The highest BCUT2D eigenvalue weighted by atomic mass is 16.5. The molecule has 0 saturated heterocycles. The maximum atomic E-state index is 12.1. The van der Waals surface area contributed by atoms with E-state index in [2.05, 4.69) is 16.4 Å². The number of H-pyrrole nitrogens is 1. The van der Waals surface area contributed by atoms with Gasteiger partial charge in [0, 0.05) is 41.7 Å². The Bertz CT molecular complexity index is 741. The zero-order valence-electron chi connectivity index (χ0n) is 14.9. The molecule has 3 rings (SSSR count). The number of fused-ring (bicyclic) bond motifs is 1. The summed E-state index contributed by atoms with van der Waals surface area (Å²) in [5.74, 6) is 1.80. The molecule has 1 saturated carbocycles. The third-order valence-corrected chi connectivity index (χ3v) is 4.95. The summed E-state index contributed by atoms with van der Waals surface area (Å²) in [5, 5.41) is 4.08. The largest absolute Gasteiger partial charge is 0.497 e. The predicted octanol–water partition coefficient (Wildman–Crippen LogP) is 2.36.